The molecule has 0 aliphatic heterocycles. The van der Waals surface area contributed by atoms with Crippen LogP contribution in [0.1, 0.15) is 50.2 Å². The Balaban J connectivity index is -0.000000524. The molecule has 1 aliphatic carbocycles. The van der Waals surface area contributed by atoms with Gasteiger partial charge in [-0.25, -0.2) is 0 Å². The van der Waals surface area contributed by atoms with Crippen molar-refractivity contribution in [1.29, 1.82) is 0 Å². The molecule has 0 saturated heterocycles. The van der Waals surface area contributed by atoms with Gasteiger partial charge in [0.1, 0.15) is 0 Å². The Morgan fingerprint density at radius 3 is 1.96 bits per heavy atom. The molecular weight excluding hydrogens is 406 g/mol. The molecule has 1 aromatic rings. The molecule has 1 aromatic carbocycles. The summed E-state index contributed by atoms with van der Waals surface area (Å²) in [6.45, 7) is 16.6. The number of nitro benzene ring substituents is 1. The van der Waals surface area contributed by atoms with Crippen molar-refractivity contribution in [2.24, 2.45) is 0 Å². The molecule has 2 rings (SSSR count). The molecule has 154 valence electrons. The Kier molecular flexibility index (Phi) is 23.9. The summed E-state index contributed by atoms with van der Waals surface area (Å²) in [7, 11) is 0. The van der Waals surface area contributed by atoms with E-state index < -0.39 is 11.0 Å². The number of ether oxygens (including phenoxy) is 1. The SMILES string of the molecule is C1CCCC1.C=CCOC([CH2-])CC(O)c1ccc([N+](=O)[O-])cc1.[C-]#[O+].[C-]#[O+].[Fe+2]. The van der Waals surface area contributed by atoms with Crippen LogP contribution in [0.5, 0.6) is 0 Å². The Bertz CT molecular complexity index is 541. The molecule has 7 nitrogen and oxygen atoms in total. The fourth-order valence-electron chi connectivity index (χ4n) is 2.36. The minimum atomic E-state index is -0.752. The van der Waals surface area contributed by atoms with Crippen LogP contribution < -0.4 is 0 Å². The molecule has 8 heteroatoms. The monoisotopic (exact) mass is 432 g/mol. The van der Waals surface area contributed by atoms with E-state index in [2.05, 4.69) is 26.8 Å². The van der Waals surface area contributed by atoms with Crippen LogP contribution in [0.3, 0.4) is 0 Å². The Hall–Kier alpha value is -1.72. The number of benzene rings is 1. The number of hydrogen-bond acceptors (Lipinski definition) is 4. The van der Waals surface area contributed by atoms with Crippen molar-refractivity contribution in [3.63, 3.8) is 0 Å². The third-order valence-electron chi connectivity index (χ3n) is 3.67. The van der Waals surface area contributed by atoms with E-state index in [0.29, 0.717) is 18.6 Å². The molecular formula is C20H26FeNO6+. The molecule has 0 aromatic heterocycles. The van der Waals surface area contributed by atoms with Gasteiger partial charge in [-0.05, 0) is 24.1 Å². The second-order valence-electron chi connectivity index (χ2n) is 5.61. The van der Waals surface area contributed by atoms with Crippen molar-refractivity contribution in [2.75, 3.05) is 6.61 Å². The average Bonchev–Trinajstić information content (AvgIpc) is 3.29. The maximum absolute atomic E-state index is 10.5. The number of non-ortho nitro benzene ring substituents is 1. The first-order chi connectivity index (χ1) is 13.0. The number of hydrogen-bond donors (Lipinski definition) is 1. The first kappa shape index (κ1) is 31.0. The summed E-state index contributed by atoms with van der Waals surface area (Å²) >= 11 is 0. The molecule has 0 spiro atoms. The molecule has 0 amide bonds. The maximum atomic E-state index is 10.5. The molecule has 0 radical (unpaired) electrons. The molecule has 28 heavy (non-hydrogen) atoms. The number of nitro groups is 1. The number of aliphatic hydroxyl groups is 1. The van der Waals surface area contributed by atoms with E-state index in [-0.39, 0.29) is 28.9 Å². The Labute approximate surface area is 177 Å². The van der Waals surface area contributed by atoms with Gasteiger partial charge in [-0.1, -0.05) is 44.3 Å². The third kappa shape index (κ3) is 15.3. The van der Waals surface area contributed by atoms with Crippen molar-refractivity contribution in [3.05, 3.63) is 72.8 Å². The van der Waals surface area contributed by atoms with E-state index in [1.54, 1.807) is 6.08 Å². The van der Waals surface area contributed by atoms with Gasteiger partial charge in [0, 0.05) is 12.1 Å². The predicted molar refractivity (Wildman–Crippen MR) is 98.9 cm³/mol. The van der Waals surface area contributed by atoms with Crippen molar-refractivity contribution in [3.8, 4) is 0 Å². The Morgan fingerprint density at radius 1 is 1.18 bits per heavy atom. The largest absolute Gasteiger partial charge is 2.00 e. The van der Waals surface area contributed by atoms with Crippen LogP contribution in [0.2, 0.25) is 0 Å². The van der Waals surface area contributed by atoms with Crippen molar-refractivity contribution < 1.29 is 41.1 Å². The van der Waals surface area contributed by atoms with Crippen molar-refractivity contribution in [2.45, 2.75) is 50.7 Å². The van der Waals surface area contributed by atoms with Crippen LogP contribution >= 0.6 is 0 Å². The van der Waals surface area contributed by atoms with Crippen molar-refractivity contribution >= 4 is 5.69 Å². The zero-order valence-electron chi connectivity index (χ0n) is 15.7. The van der Waals surface area contributed by atoms with E-state index in [9.17, 15) is 15.2 Å². The standard InChI is InChI=1S/C13H16NO4.C5H10.2CO.Fe/c1-3-8-18-10(2)9-13(15)11-4-6-12(7-5-11)14(16)17;1-2-4-5-3-1;2*1-2;/h3-7,10,13,15H,1-2,8-9H2;1-5H2;;;/q-1;;;;+2. The zero-order chi connectivity index (χ0) is 21.1. The molecule has 1 fully saturated rings. The van der Waals surface area contributed by atoms with E-state index in [1.807, 2.05) is 0 Å². The van der Waals surface area contributed by atoms with Crippen LogP contribution in [0.25, 0.3) is 0 Å². The summed E-state index contributed by atoms with van der Waals surface area (Å²) in [4.78, 5) is 10.0. The van der Waals surface area contributed by atoms with E-state index in [4.69, 9.17) is 14.0 Å². The fourth-order valence-corrected chi connectivity index (χ4v) is 2.36. The second-order valence-corrected chi connectivity index (χ2v) is 5.61. The predicted octanol–water partition coefficient (Wildman–Crippen LogP) is 4.30. The fraction of sp³-hybridized carbons (Fsp3) is 0.450. The summed E-state index contributed by atoms with van der Waals surface area (Å²) in [6, 6.07) is 5.79. The first-order valence-electron chi connectivity index (χ1n) is 8.43. The second kappa shape index (κ2) is 21.6. The van der Waals surface area contributed by atoms with Gasteiger partial charge in [-0.3, -0.25) is 10.1 Å². The molecule has 2 atom stereocenters. The van der Waals surface area contributed by atoms with Crippen molar-refractivity contribution in [1.82, 2.24) is 0 Å². The number of nitrogens with zero attached hydrogens (tertiary/aromatic N) is 1. The van der Waals surface area contributed by atoms with E-state index in [1.165, 1.54) is 56.4 Å². The van der Waals surface area contributed by atoms with Crippen LogP contribution in [-0.2, 0) is 31.1 Å². The number of aliphatic hydroxyl groups excluding tert-OH is 1. The smallest absolute Gasteiger partial charge is 2.00 e. The topological polar surface area (TPSA) is 112 Å². The van der Waals surface area contributed by atoms with Crippen LogP contribution in [0.15, 0.2) is 36.9 Å². The molecule has 0 heterocycles. The quantitative estimate of drug-likeness (QED) is 0.173. The van der Waals surface area contributed by atoms with E-state index >= 15 is 0 Å². The molecule has 0 bridgehead atoms. The summed E-state index contributed by atoms with van der Waals surface area (Å²) < 4.78 is 20.2. The van der Waals surface area contributed by atoms with Crippen LogP contribution in [-0.4, -0.2) is 22.7 Å². The molecule has 1 N–H and O–H groups in total. The Morgan fingerprint density at radius 2 is 1.61 bits per heavy atom. The van der Waals surface area contributed by atoms with E-state index in [0.717, 1.165) is 0 Å². The molecule has 2 unspecified atom stereocenters. The van der Waals surface area contributed by atoms with Gasteiger partial charge in [0.05, 0.1) is 17.6 Å². The minimum absolute atomic E-state index is 0. The van der Waals surface area contributed by atoms with Gasteiger partial charge in [-0.2, -0.15) is 0 Å². The summed E-state index contributed by atoms with van der Waals surface area (Å²) in [5.74, 6) is 0. The summed E-state index contributed by atoms with van der Waals surface area (Å²) in [5.41, 5.74) is 0.608. The third-order valence-corrected chi connectivity index (χ3v) is 3.67. The number of rotatable bonds is 7. The summed E-state index contributed by atoms with van der Waals surface area (Å²) in [6.07, 6.45) is 8.33. The van der Waals surface area contributed by atoms with Gasteiger partial charge in [0.15, 0.2) is 0 Å². The van der Waals surface area contributed by atoms with Gasteiger partial charge in [0.25, 0.3) is 5.69 Å². The van der Waals surface area contributed by atoms with Gasteiger partial charge in [-0.15, -0.1) is 6.58 Å². The summed E-state index contributed by atoms with van der Waals surface area (Å²) in [5, 5.41) is 20.4. The normalized spacial score (nSPS) is 13.4. The molecule has 1 aliphatic rings. The van der Waals surface area contributed by atoms with Crippen LogP contribution in [0, 0.1) is 30.3 Å². The first-order valence-corrected chi connectivity index (χ1v) is 8.43. The van der Waals surface area contributed by atoms with Crippen LogP contribution in [0.4, 0.5) is 5.69 Å². The van der Waals surface area contributed by atoms with Gasteiger partial charge in [0.2, 0.25) is 0 Å². The van der Waals surface area contributed by atoms with Gasteiger partial charge >= 0.3 is 39.7 Å². The molecule has 1 saturated carbocycles. The zero-order valence-corrected chi connectivity index (χ0v) is 16.8. The van der Waals surface area contributed by atoms with Gasteiger partial charge < -0.3 is 16.8 Å². The minimum Gasteiger partial charge on any atom is 2.00 e. The average molecular weight is 432 g/mol. The maximum Gasteiger partial charge on any atom is 2.00 e.